The first-order chi connectivity index (χ1) is 20.3. The number of hydrogen-bond acceptors (Lipinski definition) is 7. The van der Waals surface area contributed by atoms with Gasteiger partial charge in [0.15, 0.2) is 0 Å². The van der Waals surface area contributed by atoms with Crippen LogP contribution in [0.2, 0.25) is 5.02 Å². The van der Waals surface area contributed by atoms with Gasteiger partial charge in [0.05, 0.1) is 19.2 Å². The van der Waals surface area contributed by atoms with Gasteiger partial charge in [-0.3, -0.25) is 14.4 Å². The molecule has 0 bridgehead atoms. The Morgan fingerprint density at radius 1 is 1.09 bits per heavy atom. The van der Waals surface area contributed by atoms with Gasteiger partial charge in [0.2, 0.25) is 0 Å². The molecular formula is C30H35ClF2N6O4. The van der Waals surface area contributed by atoms with Gasteiger partial charge in [0, 0.05) is 50.1 Å². The summed E-state index contributed by atoms with van der Waals surface area (Å²) in [6.45, 7) is 5.37. The number of carbonyl (C=O) groups excluding carboxylic acids is 2. The molecule has 13 heteroatoms. The molecule has 10 nitrogen and oxygen atoms in total. The molecule has 2 aromatic heterocycles. The minimum Gasteiger partial charge on any atom is -0.380 e. The summed E-state index contributed by atoms with van der Waals surface area (Å²) in [5.74, 6) is -3.66. The van der Waals surface area contributed by atoms with Gasteiger partial charge in [0.1, 0.15) is 17.2 Å². The topological polar surface area (TPSA) is 118 Å². The minimum atomic E-state index is -2.93. The predicted molar refractivity (Wildman–Crippen MR) is 162 cm³/mol. The van der Waals surface area contributed by atoms with Crippen LogP contribution >= 0.6 is 11.6 Å². The Bertz CT molecular complexity index is 1570. The number of benzene rings is 1. The summed E-state index contributed by atoms with van der Waals surface area (Å²) in [6, 6.07) is 9.37. The van der Waals surface area contributed by atoms with Gasteiger partial charge >= 0.3 is 0 Å². The Hall–Kier alpha value is -3.87. The molecule has 1 atom stereocenters. The summed E-state index contributed by atoms with van der Waals surface area (Å²) < 4.78 is 33.6. The minimum absolute atomic E-state index is 0.00871. The molecule has 4 rings (SSSR count). The third-order valence-corrected chi connectivity index (χ3v) is 7.04. The number of likely N-dealkylation sites (tertiary alicyclic amines) is 1. The van der Waals surface area contributed by atoms with Crippen molar-refractivity contribution < 1.29 is 23.1 Å². The van der Waals surface area contributed by atoms with E-state index in [-0.39, 0.29) is 34.1 Å². The highest BCUT2D eigenvalue weighted by Crippen LogP contribution is 2.34. The average molecular weight is 617 g/mol. The summed E-state index contributed by atoms with van der Waals surface area (Å²) in [5, 5.41) is 9.39. The number of carbonyl (C=O) groups is 2. The molecule has 43 heavy (non-hydrogen) atoms. The maximum absolute atomic E-state index is 13.5. The van der Waals surface area contributed by atoms with Crippen LogP contribution in [0.15, 0.2) is 47.4 Å². The van der Waals surface area contributed by atoms with E-state index < -0.39 is 36.4 Å². The van der Waals surface area contributed by atoms with E-state index in [0.717, 1.165) is 10.5 Å². The van der Waals surface area contributed by atoms with Crippen molar-refractivity contribution in [3.8, 4) is 11.1 Å². The van der Waals surface area contributed by atoms with Gasteiger partial charge in [-0.05, 0) is 67.8 Å². The van der Waals surface area contributed by atoms with Crippen molar-refractivity contribution in [1.82, 2.24) is 19.8 Å². The van der Waals surface area contributed by atoms with Crippen molar-refractivity contribution >= 4 is 35.1 Å². The summed E-state index contributed by atoms with van der Waals surface area (Å²) in [6.07, 6.45) is 1.64. The summed E-state index contributed by atoms with van der Waals surface area (Å²) >= 11 is 6.19. The Morgan fingerprint density at radius 3 is 2.44 bits per heavy atom. The quantitative estimate of drug-likeness (QED) is 0.293. The van der Waals surface area contributed by atoms with Gasteiger partial charge in [0.25, 0.3) is 23.3 Å². The summed E-state index contributed by atoms with van der Waals surface area (Å²) in [5.41, 5.74) is 1.20. The lowest BCUT2D eigenvalue weighted by atomic mass is 9.97. The van der Waals surface area contributed by atoms with Crippen molar-refractivity contribution in [3.63, 3.8) is 0 Å². The van der Waals surface area contributed by atoms with Crippen molar-refractivity contribution in [2.75, 3.05) is 37.4 Å². The van der Waals surface area contributed by atoms with Crippen LogP contribution in [-0.4, -0.2) is 71.1 Å². The van der Waals surface area contributed by atoms with Crippen LogP contribution < -0.4 is 21.5 Å². The lowest BCUT2D eigenvalue weighted by Crippen LogP contribution is -2.58. The van der Waals surface area contributed by atoms with Crippen molar-refractivity contribution in [3.05, 3.63) is 74.7 Å². The Kier molecular flexibility index (Phi) is 9.83. The number of alkyl halides is 2. The zero-order valence-electron chi connectivity index (χ0n) is 24.6. The number of rotatable bonds is 11. The number of amides is 2. The average Bonchev–Trinajstić information content (AvgIpc) is 2.92. The van der Waals surface area contributed by atoms with E-state index in [9.17, 15) is 23.2 Å². The van der Waals surface area contributed by atoms with E-state index >= 15 is 0 Å². The fourth-order valence-corrected chi connectivity index (χ4v) is 4.79. The van der Waals surface area contributed by atoms with Crippen LogP contribution in [-0.2, 0) is 18.3 Å². The molecule has 0 unspecified atom stereocenters. The lowest BCUT2D eigenvalue weighted by molar-refractivity contribution is -0.113. The standard InChI is InChI=1S/C30H35ClF2N6O4/c1-17(2)35-25-9-20(22-7-6-21(31)11-23(22)29(42)39-15-30(32,33)16-39)10-26(36-25)37-27(40)24-8-19(14-38(4)28(24)41)13-34-12-18(3)43-5/h6-11,14,17-18,34H,12-13,15-16H2,1-5H3,(H2,35,36,37,40)/t18-/m0/s1. The first-order valence-electron chi connectivity index (χ1n) is 13.8. The molecule has 2 amide bonds. The highest BCUT2D eigenvalue weighted by atomic mass is 35.5. The normalized spacial score (nSPS) is 14.8. The third kappa shape index (κ3) is 7.95. The van der Waals surface area contributed by atoms with Gasteiger partial charge < -0.3 is 30.2 Å². The molecule has 3 N–H and O–H groups in total. The predicted octanol–water partition coefficient (Wildman–Crippen LogP) is 4.39. The molecular weight excluding hydrogens is 582 g/mol. The highest BCUT2D eigenvalue weighted by Gasteiger charge is 2.46. The number of hydrogen-bond donors (Lipinski definition) is 3. The zero-order chi connectivity index (χ0) is 31.5. The van der Waals surface area contributed by atoms with Gasteiger partial charge in [-0.2, -0.15) is 0 Å². The summed E-state index contributed by atoms with van der Waals surface area (Å²) in [7, 11) is 3.18. The molecule has 1 aliphatic heterocycles. The fourth-order valence-electron chi connectivity index (χ4n) is 4.62. The second-order valence-corrected chi connectivity index (χ2v) is 11.4. The summed E-state index contributed by atoms with van der Waals surface area (Å²) in [4.78, 5) is 45.0. The maximum atomic E-state index is 13.5. The van der Waals surface area contributed by atoms with Crippen molar-refractivity contribution in [2.45, 2.75) is 45.4 Å². The first kappa shape index (κ1) is 32.1. The first-order valence-corrected chi connectivity index (χ1v) is 14.1. The van der Waals surface area contributed by atoms with E-state index in [1.54, 1.807) is 44.6 Å². The van der Waals surface area contributed by atoms with Crippen LogP contribution in [0.1, 0.15) is 47.1 Å². The largest absolute Gasteiger partial charge is 0.380 e. The lowest BCUT2D eigenvalue weighted by Gasteiger charge is -2.39. The number of methoxy groups -OCH3 is 1. The third-order valence-electron chi connectivity index (χ3n) is 6.81. The van der Waals surface area contributed by atoms with Gasteiger partial charge in [-0.1, -0.05) is 17.7 Å². The van der Waals surface area contributed by atoms with Crippen LogP contribution in [0.5, 0.6) is 0 Å². The van der Waals surface area contributed by atoms with E-state index in [1.807, 2.05) is 20.8 Å². The molecule has 1 aliphatic rings. The highest BCUT2D eigenvalue weighted by molar-refractivity contribution is 6.31. The van der Waals surface area contributed by atoms with E-state index in [1.165, 1.54) is 16.7 Å². The van der Waals surface area contributed by atoms with Crippen LogP contribution in [0.4, 0.5) is 20.4 Å². The van der Waals surface area contributed by atoms with E-state index in [2.05, 4.69) is 20.9 Å². The number of anilines is 2. The molecule has 1 aromatic carbocycles. The van der Waals surface area contributed by atoms with Crippen LogP contribution in [0.25, 0.3) is 11.1 Å². The molecule has 0 radical (unpaired) electrons. The van der Waals surface area contributed by atoms with Crippen LogP contribution in [0, 0.1) is 0 Å². The fraction of sp³-hybridized carbons (Fsp3) is 0.400. The Labute approximate surface area is 253 Å². The van der Waals surface area contributed by atoms with Gasteiger partial charge in [-0.15, -0.1) is 0 Å². The molecule has 3 aromatic rings. The molecule has 1 saturated heterocycles. The van der Waals surface area contributed by atoms with Gasteiger partial charge in [-0.25, -0.2) is 13.8 Å². The molecule has 0 spiro atoms. The number of halogens is 3. The molecule has 1 fully saturated rings. The molecule has 3 heterocycles. The monoisotopic (exact) mass is 616 g/mol. The number of nitrogens with one attached hydrogen (secondary N) is 3. The smallest absolute Gasteiger partial charge is 0.282 e. The van der Waals surface area contributed by atoms with E-state index in [4.69, 9.17) is 16.3 Å². The maximum Gasteiger partial charge on any atom is 0.282 e. The van der Waals surface area contributed by atoms with Crippen LogP contribution in [0.3, 0.4) is 0 Å². The molecule has 0 aliphatic carbocycles. The number of nitrogens with zero attached hydrogens (tertiary/aromatic N) is 3. The second kappa shape index (κ2) is 13.2. The zero-order valence-corrected chi connectivity index (χ0v) is 25.4. The number of pyridine rings is 2. The van der Waals surface area contributed by atoms with Crippen molar-refractivity contribution in [2.24, 2.45) is 7.05 Å². The number of aryl methyl sites for hydroxylation is 1. The number of aromatic nitrogens is 2. The Balaban J connectivity index is 1.67. The Morgan fingerprint density at radius 2 is 1.79 bits per heavy atom. The SMILES string of the molecule is CO[C@@H](C)CNCc1cc(C(=O)Nc2cc(-c3ccc(Cl)cc3C(=O)N3CC(F)(F)C3)cc(NC(C)C)n2)c(=O)n(C)c1. The van der Waals surface area contributed by atoms with Crippen molar-refractivity contribution in [1.29, 1.82) is 0 Å². The molecule has 0 saturated carbocycles. The second-order valence-electron chi connectivity index (χ2n) is 10.9. The molecule has 230 valence electrons. The number of ether oxygens (including phenoxy) is 1. The van der Waals surface area contributed by atoms with E-state index in [0.29, 0.717) is 30.0 Å².